The summed E-state index contributed by atoms with van der Waals surface area (Å²) in [5.74, 6) is 0.224. The molecule has 0 saturated carbocycles. The monoisotopic (exact) mass is 241 g/mol. The minimum atomic E-state index is 0.224. The Morgan fingerprint density at radius 3 is 3.00 bits per heavy atom. The van der Waals surface area contributed by atoms with E-state index in [-0.39, 0.29) is 5.75 Å². The molecule has 1 aromatic rings. The Morgan fingerprint density at radius 2 is 2.31 bits per heavy atom. The van der Waals surface area contributed by atoms with Crippen LogP contribution in [-0.2, 0) is 11.3 Å². The third-order valence-electron chi connectivity index (χ3n) is 2.13. The molecule has 2 N–H and O–H groups in total. The standard InChI is InChI=1S/C12H16ClNO2/c1-2-16-8-4-7-14-9-10-11(13)5-3-6-12(10)15/h2-3,5-6,14-15H,1,4,7-9H2. The number of nitrogens with one attached hydrogen (secondary N) is 1. The molecule has 0 spiro atoms. The highest BCUT2D eigenvalue weighted by Crippen LogP contribution is 2.24. The van der Waals surface area contributed by atoms with E-state index in [4.69, 9.17) is 16.3 Å². The number of rotatable bonds is 7. The van der Waals surface area contributed by atoms with Gasteiger partial charge in [-0.15, -0.1) is 0 Å². The summed E-state index contributed by atoms with van der Waals surface area (Å²) < 4.78 is 4.98. The summed E-state index contributed by atoms with van der Waals surface area (Å²) in [6, 6.07) is 5.11. The van der Waals surface area contributed by atoms with Crippen LogP contribution in [-0.4, -0.2) is 18.3 Å². The fourth-order valence-electron chi connectivity index (χ4n) is 1.30. The summed E-state index contributed by atoms with van der Waals surface area (Å²) in [6.07, 6.45) is 2.32. The van der Waals surface area contributed by atoms with Crippen molar-refractivity contribution in [3.05, 3.63) is 41.6 Å². The van der Waals surface area contributed by atoms with Crippen molar-refractivity contribution < 1.29 is 9.84 Å². The number of phenolic OH excluding ortho intramolecular Hbond substituents is 1. The number of ether oxygens (including phenoxy) is 1. The number of benzene rings is 1. The fraction of sp³-hybridized carbons (Fsp3) is 0.333. The van der Waals surface area contributed by atoms with Crippen LogP contribution in [0.2, 0.25) is 5.02 Å². The van der Waals surface area contributed by atoms with E-state index < -0.39 is 0 Å². The maximum absolute atomic E-state index is 9.57. The zero-order chi connectivity index (χ0) is 11.8. The van der Waals surface area contributed by atoms with E-state index in [1.54, 1.807) is 18.2 Å². The highest BCUT2D eigenvalue weighted by Gasteiger charge is 2.04. The molecular weight excluding hydrogens is 226 g/mol. The van der Waals surface area contributed by atoms with Gasteiger partial charge in [-0.25, -0.2) is 0 Å². The van der Waals surface area contributed by atoms with Gasteiger partial charge in [0.15, 0.2) is 0 Å². The molecule has 0 heterocycles. The van der Waals surface area contributed by atoms with Gasteiger partial charge in [-0.3, -0.25) is 0 Å². The Hall–Kier alpha value is -1.19. The van der Waals surface area contributed by atoms with Gasteiger partial charge in [-0.1, -0.05) is 24.2 Å². The third kappa shape index (κ3) is 4.13. The van der Waals surface area contributed by atoms with Crippen molar-refractivity contribution in [2.75, 3.05) is 13.2 Å². The maximum Gasteiger partial charge on any atom is 0.121 e. The van der Waals surface area contributed by atoms with Gasteiger partial charge in [-0.2, -0.15) is 0 Å². The van der Waals surface area contributed by atoms with E-state index in [0.29, 0.717) is 18.2 Å². The molecule has 0 aliphatic heterocycles. The minimum absolute atomic E-state index is 0.224. The topological polar surface area (TPSA) is 41.5 Å². The van der Waals surface area contributed by atoms with E-state index in [1.807, 2.05) is 0 Å². The Kier molecular flexibility index (Phi) is 5.75. The molecule has 0 aromatic heterocycles. The largest absolute Gasteiger partial charge is 0.508 e. The predicted octanol–water partition coefficient (Wildman–Crippen LogP) is 2.69. The first-order chi connectivity index (χ1) is 7.75. The van der Waals surface area contributed by atoms with Crippen LogP contribution in [0.5, 0.6) is 5.75 Å². The number of hydrogen-bond donors (Lipinski definition) is 2. The fourth-order valence-corrected chi connectivity index (χ4v) is 1.54. The van der Waals surface area contributed by atoms with Crippen molar-refractivity contribution in [3.8, 4) is 5.75 Å². The molecule has 1 rings (SSSR count). The summed E-state index contributed by atoms with van der Waals surface area (Å²) in [4.78, 5) is 0. The number of aromatic hydroxyl groups is 1. The molecule has 0 unspecified atom stereocenters. The lowest BCUT2D eigenvalue weighted by Gasteiger charge is -2.08. The molecule has 16 heavy (non-hydrogen) atoms. The second-order valence-electron chi connectivity index (χ2n) is 3.31. The van der Waals surface area contributed by atoms with E-state index in [1.165, 1.54) is 6.26 Å². The van der Waals surface area contributed by atoms with Gasteiger partial charge < -0.3 is 15.2 Å². The molecule has 0 amide bonds. The number of hydrogen-bond acceptors (Lipinski definition) is 3. The van der Waals surface area contributed by atoms with Crippen molar-refractivity contribution in [2.24, 2.45) is 0 Å². The first-order valence-electron chi connectivity index (χ1n) is 5.15. The summed E-state index contributed by atoms with van der Waals surface area (Å²) in [5.41, 5.74) is 0.730. The third-order valence-corrected chi connectivity index (χ3v) is 2.48. The van der Waals surface area contributed by atoms with Crippen molar-refractivity contribution in [2.45, 2.75) is 13.0 Å². The summed E-state index contributed by atoms with van der Waals surface area (Å²) >= 11 is 5.95. The first kappa shape index (κ1) is 12.9. The number of phenols is 1. The van der Waals surface area contributed by atoms with Crippen molar-refractivity contribution >= 4 is 11.6 Å². The Bertz CT molecular complexity index is 322. The first-order valence-corrected chi connectivity index (χ1v) is 5.53. The van der Waals surface area contributed by atoms with Gasteiger partial charge in [0.2, 0.25) is 0 Å². The smallest absolute Gasteiger partial charge is 0.121 e. The lowest BCUT2D eigenvalue weighted by molar-refractivity contribution is 0.244. The molecule has 3 nitrogen and oxygen atoms in total. The SMILES string of the molecule is C=COCCCNCc1c(O)cccc1Cl. The van der Waals surface area contributed by atoms with Crippen molar-refractivity contribution in [3.63, 3.8) is 0 Å². The highest BCUT2D eigenvalue weighted by molar-refractivity contribution is 6.31. The van der Waals surface area contributed by atoms with Crippen LogP contribution in [0.25, 0.3) is 0 Å². The minimum Gasteiger partial charge on any atom is -0.508 e. The lowest BCUT2D eigenvalue weighted by atomic mass is 10.2. The van der Waals surface area contributed by atoms with Gasteiger partial charge in [0.1, 0.15) is 5.75 Å². The molecule has 0 fully saturated rings. The van der Waals surface area contributed by atoms with Gasteiger partial charge in [-0.05, 0) is 25.1 Å². The molecule has 0 aliphatic carbocycles. The van der Waals surface area contributed by atoms with Gasteiger partial charge in [0.05, 0.1) is 12.9 Å². The molecule has 88 valence electrons. The Labute approximate surface area is 101 Å². The molecule has 0 aliphatic rings. The second kappa shape index (κ2) is 7.14. The zero-order valence-electron chi connectivity index (χ0n) is 9.08. The van der Waals surface area contributed by atoms with E-state index >= 15 is 0 Å². The van der Waals surface area contributed by atoms with Gasteiger partial charge in [0.25, 0.3) is 0 Å². The summed E-state index contributed by atoms with van der Waals surface area (Å²) in [5, 5.41) is 13.3. The maximum atomic E-state index is 9.57. The Morgan fingerprint density at radius 1 is 1.50 bits per heavy atom. The zero-order valence-corrected chi connectivity index (χ0v) is 9.83. The molecule has 4 heteroatoms. The average Bonchev–Trinajstić information content (AvgIpc) is 2.26. The van der Waals surface area contributed by atoms with E-state index in [2.05, 4.69) is 11.9 Å². The van der Waals surface area contributed by atoms with Crippen molar-refractivity contribution in [1.29, 1.82) is 0 Å². The molecule has 0 bridgehead atoms. The molecule has 0 atom stereocenters. The predicted molar refractivity (Wildman–Crippen MR) is 65.6 cm³/mol. The van der Waals surface area contributed by atoms with Crippen LogP contribution in [0.15, 0.2) is 31.0 Å². The van der Waals surface area contributed by atoms with Crippen LogP contribution in [0, 0.1) is 0 Å². The summed E-state index contributed by atoms with van der Waals surface area (Å²) in [6.45, 7) is 5.46. The molecule has 0 radical (unpaired) electrons. The van der Waals surface area contributed by atoms with Gasteiger partial charge >= 0.3 is 0 Å². The van der Waals surface area contributed by atoms with Crippen molar-refractivity contribution in [1.82, 2.24) is 5.32 Å². The molecule has 1 aromatic carbocycles. The average molecular weight is 242 g/mol. The summed E-state index contributed by atoms with van der Waals surface area (Å²) in [7, 11) is 0. The highest BCUT2D eigenvalue weighted by atomic mass is 35.5. The van der Waals surface area contributed by atoms with Crippen LogP contribution in [0.3, 0.4) is 0 Å². The van der Waals surface area contributed by atoms with Crippen LogP contribution >= 0.6 is 11.6 Å². The lowest BCUT2D eigenvalue weighted by Crippen LogP contribution is -2.16. The van der Waals surface area contributed by atoms with E-state index in [0.717, 1.165) is 18.5 Å². The van der Waals surface area contributed by atoms with Gasteiger partial charge in [0, 0.05) is 17.1 Å². The van der Waals surface area contributed by atoms with Crippen LogP contribution < -0.4 is 5.32 Å². The second-order valence-corrected chi connectivity index (χ2v) is 3.71. The molecule has 0 saturated heterocycles. The molecular formula is C12H16ClNO2. The van der Waals surface area contributed by atoms with E-state index in [9.17, 15) is 5.11 Å². The van der Waals surface area contributed by atoms with Crippen LogP contribution in [0.1, 0.15) is 12.0 Å². The Balaban J connectivity index is 2.29. The number of halogens is 1. The van der Waals surface area contributed by atoms with Crippen LogP contribution in [0.4, 0.5) is 0 Å². The quantitative estimate of drug-likeness (QED) is 0.570. The normalized spacial score (nSPS) is 10.1.